The molecule has 0 amide bonds. The van der Waals surface area contributed by atoms with E-state index in [0.717, 1.165) is 5.56 Å². The maximum atomic E-state index is 5.70. The monoisotopic (exact) mass is 252 g/mol. The van der Waals surface area contributed by atoms with Crippen molar-refractivity contribution in [2.75, 3.05) is 0 Å². The molecular weight excluding hydrogens is 240 g/mol. The van der Waals surface area contributed by atoms with Gasteiger partial charge in [0.25, 0.3) is 0 Å². The molecule has 0 aliphatic rings. The van der Waals surface area contributed by atoms with Gasteiger partial charge in [-0.1, -0.05) is 66.6 Å². The van der Waals surface area contributed by atoms with Crippen LogP contribution in [0.15, 0.2) is 66.7 Å². The molecule has 92 valence electrons. The van der Waals surface area contributed by atoms with E-state index in [1.807, 2.05) is 12.1 Å². The highest BCUT2D eigenvalue weighted by Gasteiger charge is 2.09. The molecule has 0 saturated heterocycles. The van der Waals surface area contributed by atoms with Crippen LogP contribution in [0.3, 0.4) is 0 Å². The molecule has 0 atom stereocenters. The van der Waals surface area contributed by atoms with Crippen molar-refractivity contribution >= 4 is 32.3 Å². The Kier molecular flexibility index (Phi) is 2.28. The third-order valence-corrected chi connectivity index (χ3v) is 3.92. The second-order valence-electron chi connectivity index (χ2n) is 4.96. The van der Waals surface area contributed by atoms with Crippen LogP contribution in [-0.4, -0.2) is 0 Å². The van der Waals surface area contributed by atoms with E-state index in [4.69, 9.17) is 6.42 Å². The topological polar surface area (TPSA) is 0 Å². The van der Waals surface area contributed by atoms with Crippen molar-refractivity contribution in [3.05, 3.63) is 72.3 Å². The molecule has 0 N–H and O–H groups in total. The molecule has 0 radical (unpaired) electrons. The predicted octanol–water partition coefficient (Wildman–Crippen LogP) is 5.13. The van der Waals surface area contributed by atoms with Gasteiger partial charge in [0.2, 0.25) is 0 Å². The van der Waals surface area contributed by atoms with Crippen molar-refractivity contribution in [2.24, 2.45) is 0 Å². The Hall–Kier alpha value is -2.78. The summed E-state index contributed by atoms with van der Waals surface area (Å²) >= 11 is 0. The van der Waals surface area contributed by atoms with Crippen LogP contribution in [0.2, 0.25) is 0 Å². The van der Waals surface area contributed by atoms with Gasteiger partial charge in [0.05, 0.1) is 0 Å². The lowest BCUT2D eigenvalue weighted by Gasteiger charge is -2.11. The van der Waals surface area contributed by atoms with Gasteiger partial charge in [0.15, 0.2) is 0 Å². The van der Waals surface area contributed by atoms with E-state index in [1.165, 1.54) is 32.3 Å². The second-order valence-corrected chi connectivity index (χ2v) is 4.96. The summed E-state index contributed by atoms with van der Waals surface area (Å²) in [5, 5.41) is 7.45. The van der Waals surface area contributed by atoms with E-state index in [9.17, 15) is 0 Å². The smallest absolute Gasteiger partial charge is 0.0327 e. The van der Waals surface area contributed by atoms with Crippen molar-refractivity contribution in [2.45, 2.75) is 0 Å². The largest absolute Gasteiger partial charge is 0.115 e. The molecule has 4 aromatic carbocycles. The molecular formula is C20H12. The third kappa shape index (κ3) is 1.38. The van der Waals surface area contributed by atoms with Crippen LogP contribution in [-0.2, 0) is 0 Å². The van der Waals surface area contributed by atoms with E-state index < -0.39 is 0 Å². The van der Waals surface area contributed by atoms with E-state index in [1.54, 1.807) is 0 Å². The van der Waals surface area contributed by atoms with Crippen LogP contribution in [0.1, 0.15) is 5.56 Å². The van der Waals surface area contributed by atoms with Gasteiger partial charge in [-0.3, -0.25) is 0 Å². The lowest BCUT2D eigenvalue weighted by molar-refractivity contribution is 1.74. The van der Waals surface area contributed by atoms with Crippen molar-refractivity contribution in [1.82, 2.24) is 0 Å². The van der Waals surface area contributed by atoms with Gasteiger partial charge >= 0.3 is 0 Å². The molecule has 0 fully saturated rings. The molecule has 0 unspecified atom stereocenters. The van der Waals surface area contributed by atoms with Gasteiger partial charge in [-0.25, -0.2) is 0 Å². The van der Waals surface area contributed by atoms with Gasteiger partial charge in [-0.2, -0.15) is 0 Å². The summed E-state index contributed by atoms with van der Waals surface area (Å²) in [4.78, 5) is 0. The number of hydrogen-bond donors (Lipinski definition) is 0. The second kappa shape index (κ2) is 4.11. The first-order valence-electron chi connectivity index (χ1n) is 6.69. The van der Waals surface area contributed by atoms with Gasteiger partial charge in [-0.05, 0) is 33.0 Å². The molecule has 0 bridgehead atoms. The average molecular weight is 252 g/mol. The molecule has 20 heavy (non-hydrogen) atoms. The summed E-state index contributed by atoms with van der Waals surface area (Å²) in [6.07, 6.45) is 5.70. The molecule has 4 rings (SSSR count). The highest BCUT2D eigenvalue weighted by Crippen LogP contribution is 2.36. The Bertz CT molecular complexity index is 956. The molecule has 0 aromatic heterocycles. The molecule has 0 nitrogen and oxygen atoms in total. The van der Waals surface area contributed by atoms with Gasteiger partial charge in [-0.15, -0.1) is 6.42 Å². The lowest BCUT2D eigenvalue weighted by Crippen LogP contribution is -1.85. The summed E-state index contributed by atoms with van der Waals surface area (Å²) in [6.45, 7) is 0. The first kappa shape index (κ1) is 11.1. The maximum absolute atomic E-state index is 5.70. The third-order valence-electron chi connectivity index (χ3n) is 3.92. The van der Waals surface area contributed by atoms with E-state index in [2.05, 4.69) is 60.5 Å². The first-order chi connectivity index (χ1) is 9.90. The minimum Gasteiger partial charge on any atom is -0.115 e. The molecule has 0 saturated carbocycles. The predicted molar refractivity (Wildman–Crippen MR) is 86.9 cm³/mol. The zero-order chi connectivity index (χ0) is 13.5. The Labute approximate surface area is 117 Å². The SMILES string of the molecule is C#Cc1cccc2c3ccccc3c3ccccc3c12. The number of benzene rings is 4. The lowest BCUT2D eigenvalue weighted by atomic mass is 9.92. The molecule has 0 spiro atoms. The van der Waals surface area contributed by atoms with Crippen LogP contribution in [0, 0.1) is 12.3 Å². The summed E-state index contributed by atoms with van der Waals surface area (Å²) < 4.78 is 0. The molecule has 4 aromatic rings. The van der Waals surface area contributed by atoms with Gasteiger partial charge in [0, 0.05) is 10.9 Å². The van der Waals surface area contributed by atoms with E-state index in [-0.39, 0.29) is 0 Å². The average Bonchev–Trinajstić information content (AvgIpc) is 2.54. The van der Waals surface area contributed by atoms with Crippen molar-refractivity contribution in [1.29, 1.82) is 0 Å². The molecule has 0 heterocycles. The van der Waals surface area contributed by atoms with Crippen molar-refractivity contribution in [3.63, 3.8) is 0 Å². The Morgan fingerprint density at radius 3 is 1.55 bits per heavy atom. The number of terminal acetylenes is 1. The standard InChI is InChI=1S/C20H12/c1-2-14-8-7-13-19-17-10-4-3-9-15(17)16-11-5-6-12-18(16)20(14)19/h1,3-13H. The minimum absolute atomic E-state index is 0.962. The van der Waals surface area contributed by atoms with Crippen LogP contribution in [0.25, 0.3) is 32.3 Å². The van der Waals surface area contributed by atoms with Gasteiger partial charge in [0.1, 0.15) is 0 Å². The molecule has 0 heteroatoms. The number of hydrogen-bond acceptors (Lipinski definition) is 0. The Morgan fingerprint density at radius 2 is 1.00 bits per heavy atom. The zero-order valence-corrected chi connectivity index (χ0v) is 10.9. The maximum Gasteiger partial charge on any atom is 0.0327 e. The fraction of sp³-hybridized carbons (Fsp3) is 0. The normalized spacial score (nSPS) is 10.9. The first-order valence-corrected chi connectivity index (χ1v) is 6.69. The highest BCUT2D eigenvalue weighted by atomic mass is 14.1. The highest BCUT2D eigenvalue weighted by molar-refractivity contribution is 6.26. The fourth-order valence-electron chi connectivity index (χ4n) is 3.08. The van der Waals surface area contributed by atoms with Crippen LogP contribution < -0.4 is 0 Å². The van der Waals surface area contributed by atoms with Crippen molar-refractivity contribution in [3.8, 4) is 12.3 Å². The Balaban J connectivity index is 2.47. The summed E-state index contributed by atoms with van der Waals surface area (Å²) in [5.74, 6) is 2.83. The van der Waals surface area contributed by atoms with E-state index in [0.29, 0.717) is 0 Å². The van der Waals surface area contributed by atoms with Gasteiger partial charge < -0.3 is 0 Å². The molecule has 0 aliphatic carbocycles. The molecule has 0 aliphatic heterocycles. The fourth-order valence-corrected chi connectivity index (χ4v) is 3.08. The van der Waals surface area contributed by atoms with Crippen LogP contribution in [0.5, 0.6) is 0 Å². The summed E-state index contributed by atoms with van der Waals surface area (Å²) in [7, 11) is 0. The Morgan fingerprint density at radius 1 is 0.550 bits per heavy atom. The van der Waals surface area contributed by atoms with Crippen LogP contribution in [0.4, 0.5) is 0 Å². The number of fused-ring (bicyclic) bond motifs is 6. The zero-order valence-electron chi connectivity index (χ0n) is 10.9. The summed E-state index contributed by atoms with van der Waals surface area (Å²) in [5.41, 5.74) is 0.962. The van der Waals surface area contributed by atoms with Crippen molar-refractivity contribution < 1.29 is 0 Å². The summed E-state index contributed by atoms with van der Waals surface area (Å²) in [6, 6.07) is 23.2. The minimum atomic E-state index is 0.962. The van der Waals surface area contributed by atoms with Crippen LogP contribution >= 0.6 is 0 Å². The number of rotatable bonds is 0. The van der Waals surface area contributed by atoms with E-state index >= 15 is 0 Å². The quantitative estimate of drug-likeness (QED) is 0.301.